The molecule has 1 unspecified atom stereocenters. The van der Waals surface area contributed by atoms with E-state index in [0.29, 0.717) is 0 Å². The Hall–Kier alpha value is -2.10. The predicted molar refractivity (Wildman–Crippen MR) is 70.2 cm³/mol. The topological polar surface area (TPSA) is 50.8 Å². The number of hydrogen-bond donors (Lipinski definition) is 1. The fraction of sp³-hybridized carbons (Fsp3) is 0.286. The molecule has 4 nitrogen and oxygen atoms in total. The van der Waals surface area contributed by atoms with Crippen LogP contribution in [-0.2, 0) is 0 Å². The maximum atomic E-state index is 5.54. The van der Waals surface area contributed by atoms with Gasteiger partial charge in [-0.25, -0.2) is 0 Å². The number of hydrogen-bond acceptors (Lipinski definition) is 3. The molecule has 1 aromatic heterocycles. The summed E-state index contributed by atoms with van der Waals surface area (Å²) in [5, 5.41) is 10.5. The van der Waals surface area contributed by atoms with E-state index in [1.54, 1.807) is 6.26 Å². The van der Waals surface area contributed by atoms with Gasteiger partial charge in [-0.05, 0) is 24.6 Å². The Morgan fingerprint density at radius 1 is 1.33 bits per heavy atom. The molecule has 0 radical (unpaired) electrons. The summed E-state index contributed by atoms with van der Waals surface area (Å²) in [6.45, 7) is 2.15. The Morgan fingerprint density at radius 2 is 2.17 bits per heavy atom. The summed E-state index contributed by atoms with van der Waals surface area (Å²) in [5.74, 6) is 1.08. The van der Waals surface area contributed by atoms with Crippen molar-refractivity contribution in [3.8, 4) is 5.75 Å². The fourth-order valence-corrected chi connectivity index (χ4v) is 1.76. The Bertz CT molecular complexity index is 465. The van der Waals surface area contributed by atoms with Crippen LogP contribution in [0.3, 0.4) is 0 Å². The molecule has 0 aliphatic rings. The molecule has 1 aromatic carbocycles. The molecule has 4 heteroatoms. The third-order valence-corrected chi connectivity index (χ3v) is 2.67. The molecular formula is C14H17N3O. The zero-order valence-electron chi connectivity index (χ0n) is 10.4. The third kappa shape index (κ3) is 3.45. The van der Waals surface area contributed by atoms with Crippen LogP contribution in [-0.4, -0.2) is 15.4 Å². The van der Waals surface area contributed by atoms with Crippen molar-refractivity contribution in [3.63, 3.8) is 0 Å². The Balaban J connectivity index is 1.97. The van der Waals surface area contributed by atoms with Crippen LogP contribution in [0, 0.1) is 0 Å². The second-order valence-electron chi connectivity index (χ2n) is 4.05. The highest BCUT2D eigenvalue weighted by Crippen LogP contribution is 2.20. The first-order valence-electron chi connectivity index (χ1n) is 6.15. The number of nitrogens with one attached hydrogen (secondary N) is 1. The first-order chi connectivity index (χ1) is 8.90. The molecule has 0 saturated carbocycles. The summed E-state index contributed by atoms with van der Waals surface area (Å²) < 4.78 is 5.54. The highest BCUT2D eigenvalue weighted by Gasteiger charge is 2.09. The minimum atomic E-state index is 0.248. The Kier molecular flexibility index (Phi) is 4.53. The van der Waals surface area contributed by atoms with Gasteiger partial charge in [0.1, 0.15) is 5.75 Å². The van der Waals surface area contributed by atoms with E-state index in [1.165, 1.54) is 0 Å². The summed E-state index contributed by atoms with van der Waals surface area (Å²) in [7, 11) is 0. The lowest BCUT2D eigenvalue weighted by Crippen LogP contribution is -1.96. The van der Waals surface area contributed by atoms with Gasteiger partial charge in [0.15, 0.2) is 0 Å². The van der Waals surface area contributed by atoms with Crippen LogP contribution in [0.1, 0.15) is 31.4 Å². The van der Waals surface area contributed by atoms with Gasteiger partial charge >= 0.3 is 0 Å². The Morgan fingerprint density at radius 3 is 2.83 bits per heavy atom. The number of allylic oxidation sites excluding steroid dienone is 1. The molecule has 1 heterocycles. The Labute approximate surface area is 107 Å². The van der Waals surface area contributed by atoms with E-state index >= 15 is 0 Å². The lowest BCUT2D eigenvalue weighted by Gasteiger charge is -2.07. The SMILES string of the molecule is CCCC(/C=C/Oc1ccccc1)c1c[nH]nn1. The van der Waals surface area contributed by atoms with Gasteiger partial charge in [-0.3, -0.25) is 5.10 Å². The number of ether oxygens (including phenoxy) is 1. The van der Waals surface area contributed by atoms with Crippen LogP contribution in [0.2, 0.25) is 0 Å². The van der Waals surface area contributed by atoms with Crippen molar-refractivity contribution in [1.29, 1.82) is 0 Å². The number of benzene rings is 1. The van der Waals surface area contributed by atoms with Crippen molar-refractivity contribution in [2.45, 2.75) is 25.7 Å². The first-order valence-corrected chi connectivity index (χ1v) is 6.15. The van der Waals surface area contributed by atoms with Crippen molar-refractivity contribution < 1.29 is 4.74 Å². The van der Waals surface area contributed by atoms with Crippen LogP contribution in [0.5, 0.6) is 5.75 Å². The maximum absolute atomic E-state index is 5.54. The van der Waals surface area contributed by atoms with Crippen LogP contribution >= 0.6 is 0 Å². The molecule has 1 atom stereocenters. The number of nitrogens with zero attached hydrogens (tertiary/aromatic N) is 2. The standard InChI is InChI=1S/C14H17N3O/c1-2-6-12(14-11-15-17-16-14)9-10-18-13-7-4-3-5-8-13/h3-5,7-12H,2,6H2,1H3,(H,15,16,17)/b10-9+. The van der Waals surface area contributed by atoms with Gasteiger partial charge in [0, 0.05) is 12.1 Å². The van der Waals surface area contributed by atoms with E-state index in [1.807, 2.05) is 42.6 Å². The van der Waals surface area contributed by atoms with Gasteiger partial charge in [-0.15, -0.1) is 5.10 Å². The molecule has 0 aliphatic carbocycles. The summed E-state index contributed by atoms with van der Waals surface area (Å²) in [5.41, 5.74) is 0.949. The van der Waals surface area contributed by atoms with Gasteiger partial charge in [-0.1, -0.05) is 36.8 Å². The molecule has 0 fully saturated rings. The molecule has 94 valence electrons. The third-order valence-electron chi connectivity index (χ3n) is 2.67. The lowest BCUT2D eigenvalue weighted by atomic mass is 10.0. The molecular weight excluding hydrogens is 226 g/mol. The second-order valence-corrected chi connectivity index (χ2v) is 4.05. The number of rotatable bonds is 6. The molecule has 0 saturated heterocycles. The monoisotopic (exact) mass is 243 g/mol. The predicted octanol–water partition coefficient (Wildman–Crippen LogP) is 3.28. The molecule has 0 spiro atoms. The summed E-state index contributed by atoms with van der Waals surface area (Å²) >= 11 is 0. The summed E-state index contributed by atoms with van der Waals surface area (Å²) in [6, 6.07) is 9.71. The second kappa shape index (κ2) is 6.59. The molecule has 0 amide bonds. The van der Waals surface area contributed by atoms with Crippen molar-refractivity contribution >= 4 is 0 Å². The van der Waals surface area contributed by atoms with Gasteiger partial charge < -0.3 is 4.74 Å². The zero-order chi connectivity index (χ0) is 12.6. The van der Waals surface area contributed by atoms with E-state index in [2.05, 4.69) is 22.3 Å². The molecule has 0 bridgehead atoms. The molecule has 0 aliphatic heterocycles. The molecule has 2 rings (SSSR count). The first kappa shape index (κ1) is 12.4. The highest BCUT2D eigenvalue weighted by atomic mass is 16.5. The maximum Gasteiger partial charge on any atom is 0.126 e. The van der Waals surface area contributed by atoms with Crippen molar-refractivity contribution in [3.05, 3.63) is 54.6 Å². The van der Waals surface area contributed by atoms with Crippen LogP contribution in [0.15, 0.2) is 48.9 Å². The van der Waals surface area contributed by atoms with Gasteiger partial charge in [-0.2, -0.15) is 0 Å². The van der Waals surface area contributed by atoms with Gasteiger partial charge in [0.05, 0.1) is 12.0 Å². The van der Waals surface area contributed by atoms with E-state index in [-0.39, 0.29) is 5.92 Å². The number of H-pyrrole nitrogens is 1. The van der Waals surface area contributed by atoms with Crippen molar-refractivity contribution in [2.24, 2.45) is 0 Å². The summed E-state index contributed by atoms with van der Waals surface area (Å²) in [6.07, 6.45) is 7.69. The summed E-state index contributed by atoms with van der Waals surface area (Å²) in [4.78, 5) is 0. The quantitative estimate of drug-likeness (QED) is 0.792. The van der Waals surface area contributed by atoms with Crippen LogP contribution in [0.25, 0.3) is 0 Å². The van der Waals surface area contributed by atoms with Crippen LogP contribution in [0.4, 0.5) is 0 Å². The molecule has 1 N–H and O–H groups in total. The average molecular weight is 243 g/mol. The average Bonchev–Trinajstić information content (AvgIpc) is 2.93. The molecule has 2 aromatic rings. The normalized spacial score (nSPS) is 12.7. The largest absolute Gasteiger partial charge is 0.465 e. The lowest BCUT2D eigenvalue weighted by molar-refractivity contribution is 0.475. The molecule has 18 heavy (non-hydrogen) atoms. The minimum Gasteiger partial charge on any atom is -0.465 e. The van der Waals surface area contributed by atoms with E-state index < -0.39 is 0 Å². The number of aromatic amines is 1. The van der Waals surface area contributed by atoms with Crippen molar-refractivity contribution in [2.75, 3.05) is 0 Å². The smallest absolute Gasteiger partial charge is 0.126 e. The van der Waals surface area contributed by atoms with Crippen LogP contribution < -0.4 is 4.74 Å². The van der Waals surface area contributed by atoms with E-state index in [4.69, 9.17) is 4.74 Å². The number of para-hydroxylation sites is 1. The van der Waals surface area contributed by atoms with Crippen molar-refractivity contribution in [1.82, 2.24) is 15.4 Å². The van der Waals surface area contributed by atoms with E-state index in [9.17, 15) is 0 Å². The highest BCUT2D eigenvalue weighted by molar-refractivity contribution is 5.22. The zero-order valence-corrected chi connectivity index (χ0v) is 10.4. The minimum absolute atomic E-state index is 0.248. The van der Waals surface area contributed by atoms with Gasteiger partial charge in [0.2, 0.25) is 0 Å². The van der Waals surface area contributed by atoms with E-state index in [0.717, 1.165) is 24.3 Å². The fourth-order valence-electron chi connectivity index (χ4n) is 1.76. The van der Waals surface area contributed by atoms with Gasteiger partial charge in [0.25, 0.3) is 0 Å². The number of aromatic nitrogens is 3.